The maximum Gasteiger partial charge on any atom is 0.346 e. The van der Waals surface area contributed by atoms with Crippen LogP contribution >= 0.6 is 12.4 Å². The Morgan fingerprint density at radius 3 is 2.33 bits per heavy atom. The fourth-order valence-corrected chi connectivity index (χ4v) is 2.43. The Kier molecular flexibility index (Phi) is 8.19. The number of H-pyrrole nitrogens is 1. The van der Waals surface area contributed by atoms with Crippen molar-refractivity contribution in [3.05, 3.63) is 22.7 Å². The Hall–Kier alpha value is -2.66. The van der Waals surface area contributed by atoms with Crippen LogP contribution in [-0.2, 0) is 33.3 Å². The van der Waals surface area contributed by atoms with E-state index in [2.05, 4.69) is 15.3 Å². The average molecular weight is 406 g/mol. The average Bonchev–Trinajstić information content (AvgIpc) is 2.81. The van der Waals surface area contributed by atoms with Crippen molar-refractivity contribution in [3.8, 4) is 0 Å². The van der Waals surface area contributed by atoms with Gasteiger partial charge in [-0.05, 0) is 6.07 Å². The molecule has 11 nitrogen and oxygen atoms in total. The Labute approximate surface area is 160 Å². The van der Waals surface area contributed by atoms with Crippen LogP contribution in [0.4, 0.5) is 5.82 Å². The highest BCUT2D eigenvalue weighted by Gasteiger charge is 2.49. The Morgan fingerprint density at radius 1 is 1.15 bits per heavy atom. The van der Waals surface area contributed by atoms with Gasteiger partial charge in [0.1, 0.15) is 18.5 Å². The van der Waals surface area contributed by atoms with Gasteiger partial charge in [0.25, 0.3) is 0 Å². The zero-order chi connectivity index (χ0) is 19.3. The van der Waals surface area contributed by atoms with Gasteiger partial charge in [-0.1, -0.05) is 0 Å². The molecule has 2 N–H and O–H groups in total. The maximum atomic E-state index is 11.5. The molecule has 1 aromatic heterocycles. The molecule has 1 saturated heterocycles. The van der Waals surface area contributed by atoms with Crippen molar-refractivity contribution >= 4 is 36.1 Å². The number of halogens is 1. The molecule has 150 valence electrons. The molecule has 2 rings (SSSR count). The van der Waals surface area contributed by atoms with Gasteiger partial charge >= 0.3 is 23.6 Å². The standard InChI is InChI=1S/C15H19N3O8.ClH/c1-7(19)23-6-10-12(24-8(2)20)13(25-9(3)21)14(26-10)17-11-4-5-16-15(22)18-11;/h4-5,10,12-14H,6H2,1-3H3,(H2,16,17,18,22);1H/t10-,12-,13+,14?;/m1./s1. The predicted octanol–water partition coefficient (Wildman–Crippen LogP) is -0.245. The molecule has 1 aliphatic rings. The lowest BCUT2D eigenvalue weighted by molar-refractivity contribution is -0.165. The summed E-state index contributed by atoms with van der Waals surface area (Å²) in [6.45, 7) is 3.38. The van der Waals surface area contributed by atoms with Gasteiger partial charge < -0.3 is 29.2 Å². The fourth-order valence-electron chi connectivity index (χ4n) is 2.43. The molecular weight excluding hydrogens is 386 g/mol. The van der Waals surface area contributed by atoms with Crippen LogP contribution in [0.5, 0.6) is 0 Å². The lowest BCUT2D eigenvalue weighted by Crippen LogP contribution is -2.43. The minimum Gasteiger partial charge on any atom is -0.463 e. The summed E-state index contributed by atoms with van der Waals surface area (Å²) in [5.74, 6) is -1.65. The van der Waals surface area contributed by atoms with E-state index >= 15 is 0 Å². The number of esters is 3. The van der Waals surface area contributed by atoms with Crippen molar-refractivity contribution in [1.82, 2.24) is 9.97 Å². The molecule has 0 saturated carbocycles. The van der Waals surface area contributed by atoms with Crippen LogP contribution in [0, 0.1) is 0 Å². The zero-order valence-corrected chi connectivity index (χ0v) is 15.6. The number of aromatic amines is 1. The third-order valence-electron chi connectivity index (χ3n) is 3.33. The predicted molar refractivity (Wildman–Crippen MR) is 92.1 cm³/mol. The highest BCUT2D eigenvalue weighted by molar-refractivity contribution is 5.85. The van der Waals surface area contributed by atoms with Crippen LogP contribution < -0.4 is 11.0 Å². The second kappa shape index (κ2) is 9.88. The first kappa shape index (κ1) is 22.4. The molecule has 0 aliphatic carbocycles. The number of rotatable bonds is 6. The third-order valence-corrected chi connectivity index (χ3v) is 3.33. The highest BCUT2D eigenvalue weighted by atomic mass is 35.5. The van der Waals surface area contributed by atoms with Crippen LogP contribution in [0.15, 0.2) is 17.1 Å². The Bertz CT molecular complexity index is 740. The van der Waals surface area contributed by atoms with E-state index in [0.29, 0.717) is 0 Å². The van der Waals surface area contributed by atoms with Gasteiger partial charge in [0.05, 0.1) is 0 Å². The van der Waals surface area contributed by atoms with E-state index < -0.39 is 48.1 Å². The molecule has 1 aromatic rings. The van der Waals surface area contributed by atoms with Gasteiger partial charge in [0, 0.05) is 27.0 Å². The van der Waals surface area contributed by atoms with Crippen LogP contribution in [0.25, 0.3) is 0 Å². The number of aromatic nitrogens is 2. The summed E-state index contributed by atoms with van der Waals surface area (Å²) in [5.41, 5.74) is -0.593. The van der Waals surface area contributed by atoms with E-state index in [0.717, 1.165) is 0 Å². The summed E-state index contributed by atoms with van der Waals surface area (Å²) < 4.78 is 21.0. The summed E-state index contributed by atoms with van der Waals surface area (Å²) in [6, 6.07) is 1.47. The third kappa shape index (κ3) is 6.53. The first-order valence-corrected chi connectivity index (χ1v) is 7.72. The summed E-state index contributed by atoms with van der Waals surface area (Å²) in [7, 11) is 0. The number of hydrogen-bond acceptors (Lipinski definition) is 10. The minimum absolute atomic E-state index is 0. The SMILES string of the molecule is CC(=O)OC[C@H]1OC(Nc2cc[nH]c(=O)n2)[C@@H](OC(C)=O)[C@@H]1OC(C)=O.Cl. The van der Waals surface area contributed by atoms with E-state index in [1.54, 1.807) is 0 Å². The molecule has 1 fully saturated rings. The molecule has 4 atom stereocenters. The molecular formula is C15H20ClN3O8. The largest absolute Gasteiger partial charge is 0.463 e. The van der Waals surface area contributed by atoms with Crippen molar-refractivity contribution in [2.75, 3.05) is 11.9 Å². The van der Waals surface area contributed by atoms with E-state index in [9.17, 15) is 19.2 Å². The highest BCUT2D eigenvalue weighted by Crippen LogP contribution is 2.28. The van der Waals surface area contributed by atoms with Gasteiger partial charge in [-0.25, -0.2) is 4.79 Å². The van der Waals surface area contributed by atoms with Crippen molar-refractivity contribution in [3.63, 3.8) is 0 Å². The second-order valence-electron chi connectivity index (χ2n) is 5.47. The maximum absolute atomic E-state index is 11.5. The second-order valence-corrected chi connectivity index (χ2v) is 5.47. The summed E-state index contributed by atoms with van der Waals surface area (Å²) >= 11 is 0. The molecule has 0 aromatic carbocycles. The number of nitrogens with zero attached hydrogens (tertiary/aromatic N) is 1. The first-order chi connectivity index (χ1) is 12.3. The van der Waals surface area contributed by atoms with Gasteiger partial charge in [-0.3, -0.25) is 14.4 Å². The van der Waals surface area contributed by atoms with E-state index in [1.165, 1.54) is 33.0 Å². The first-order valence-electron chi connectivity index (χ1n) is 7.72. The molecule has 0 amide bonds. The van der Waals surface area contributed by atoms with Gasteiger partial charge in [0.2, 0.25) is 0 Å². The summed E-state index contributed by atoms with van der Waals surface area (Å²) in [5, 5.41) is 2.80. The lowest BCUT2D eigenvalue weighted by Gasteiger charge is -2.23. The van der Waals surface area contributed by atoms with Crippen LogP contribution in [-0.4, -0.2) is 59.0 Å². The molecule has 0 spiro atoms. The topological polar surface area (TPSA) is 146 Å². The number of carbonyl (C=O) groups excluding carboxylic acids is 3. The molecule has 0 radical (unpaired) electrons. The molecule has 2 heterocycles. The van der Waals surface area contributed by atoms with E-state index in [4.69, 9.17) is 18.9 Å². The molecule has 1 unspecified atom stereocenters. The normalized spacial score (nSPS) is 23.7. The number of carbonyl (C=O) groups is 3. The molecule has 0 bridgehead atoms. The monoisotopic (exact) mass is 405 g/mol. The fraction of sp³-hybridized carbons (Fsp3) is 0.533. The van der Waals surface area contributed by atoms with Crippen molar-refractivity contribution in [1.29, 1.82) is 0 Å². The van der Waals surface area contributed by atoms with Crippen molar-refractivity contribution in [2.24, 2.45) is 0 Å². The smallest absolute Gasteiger partial charge is 0.346 e. The number of nitrogens with one attached hydrogen (secondary N) is 2. The Morgan fingerprint density at radius 2 is 1.78 bits per heavy atom. The van der Waals surface area contributed by atoms with Crippen LogP contribution in [0.2, 0.25) is 0 Å². The van der Waals surface area contributed by atoms with E-state index in [1.807, 2.05) is 0 Å². The van der Waals surface area contributed by atoms with Crippen LogP contribution in [0.1, 0.15) is 20.8 Å². The van der Waals surface area contributed by atoms with Crippen molar-refractivity contribution < 1.29 is 33.3 Å². The number of anilines is 1. The molecule has 1 aliphatic heterocycles. The van der Waals surface area contributed by atoms with Crippen molar-refractivity contribution in [2.45, 2.75) is 45.3 Å². The molecule has 27 heavy (non-hydrogen) atoms. The Balaban J connectivity index is 0.00000364. The van der Waals surface area contributed by atoms with Gasteiger partial charge in [-0.15, -0.1) is 12.4 Å². The van der Waals surface area contributed by atoms with Gasteiger partial charge in [-0.2, -0.15) is 4.98 Å². The quantitative estimate of drug-likeness (QED) is 0.480. The van der Waals surface area contributed by atoms with E-state index in [-0.39, 0.29) is 24.8 Å². The van der Waals surface area contributed by atoms with Crippen LogP contribution in [0.3, 0.4) is 0 Å². The number of hydrogen-bond donors (Lipinski definition) is 2. The number of ether oxygens (including phenoxy) is 4. The minimum atomic E-state index is -1.04. The summed E-state index contributed by atoms with van der Waals surface area (Å²) in [4.78, 5) is 51.3. The zero-order valence-electron chi connectivity index (χ0n) is 14.8. The van der Waals surface area contributed by atoms with Gasteiger partial charge in [0.15, 0.2) is 18.4 Å². The lowest BCUT2D eigenvalue weighted by atomic mass is 10.1. The molecule has 12 heteroatoms. The summed E-state index contributed by atoms with van der Waals surface area (Å²) in [6.07, 6.45) is -2.56.